The molecule has 1 unspecified atom stereocenters. The van der Waals surface area contributed by atoms with Crippen molar-refractivity contribution < 1.29 is 0 Å². The molecule has 0 rings (SSSR count). The summed E-state index contributed by atoms with van der Waals surface area (Å²) in [6, 6.07) is 0. The lowest BCUT2D eigenvalue weighted by molar-refractivity contribution is 0.210. The van der Waals surface area contributed by atoms with E-state index in [1.165, 1.54) is 70.9 Å². The molecule has 0 aromatic carbocycles. The largest absolute Gasteiger partial charge is 0.330 e. The van der Waals surface area contributed by atoms with E-state index in [0.717, 1.165) is 12.5 Å². The topological polar surface area (TPSA) is 38.0 Å². The summed E-state index contributed by atoms with van der Waals surface area (Å²) < 4.78 is 0. The van der Waals surface area contributed by atoms with E-state index in [4.69, 9.17) is 5.73 Å². The molecule has 2 nitrogen and oxygen atoms in total. The van der Waals surface area contributed by atoms with Crippen LogP contribution in [0.4, 0.5) is 0 Å². The van der Waals surface area contributed by atoms with Gasteiger partial charge >= 0.3 is 0 Å². The number of nitrogens with one attached hydrogen (secondary N) is 1. The minimum absolute atomic E-state index is 0.401. The molecule has 20 heavy (non-hydrogen) atoms. The van der Waals surface area contributed by atoms with Crippen LogP contribution >= 0.6 is 0 Å². The quantitative estimate of drug-likeness (QED) is 0.480. The minimum atomic E-state index is 0.401. The van der Waals surface area contributed by atoms with Gasteiger partial charge in [-0.25, -0.2) is 0 Å². The van der Waals surface area contributed by atoms with Crippen LogP contribution in [-0.2, 0) is 0 Å². The van der Waals surface area contributed by atoms with Crippen molar-refractivity contribution in [2.45, 2.75) is 85.5 Å². The van der Waals surface area contributed by atoms with E-state index in [1.807, 2.05) is 0 Å². The molecule has 0 aromatic heterocycles. The SMILES string of the molecule is CCCCCCCCNCCCC(CCN)C(C)(C)C. The molecule has 0 bridgehead atoms. The molecule has 0 amide bonds. The average Bonchev–Trinajstić information content (AvgIpc) is 2.38. The summed E-state index contributed by atoms with van der Waals surface area (Å²) in [5.74, 6) is 0.767. The van der Waals surface area contributed by atoms with Crippen molar-refractivity contribution in [1.29, 1.82) is 0 Å². The van der Waals surface area contributed by atoms with Crippen molar-refractivity contribution in [2.24, 2.45) is 17.1 Å². The second-order valence-electron chi connectivity index (χ2n) is 7.30. The Labute approximate surface area is 128 Å². The van der Waals surface area contributed by atoms with Crippen LogP contribution < -0.4 is 11.1 Å². The molecule has 2 heteroatoms. The fourth-order valence-electron chi connectivity index (χ4n) is 2.84. The summed E-state index contributed by atoms with van der Waals surface area (Å²) in [6.45, 7) is 12.5. The Kier molecular flexibility index (Phi) is 12.6. The van der Waals surface area contributed by atoms with E-state index in [2.05, 4.69) is 33.0 Å². The molecule has 0 fully saturated rings. The Balaban J connectivity index is 3.41. The van der Waals surface area contributed by atoms with E-state index in [0.29, 0.717) is 5.41 Å². The fraction of sp³-hybridized carbons (Fsp3) is 1.00. The lowest BCUT2D eigenvalue weighted by Gasteiger charge is -2.30. The Bertz CT molecular complexity index is 196. The number of unbranched alkanes of at least 4 members (excludes halogenated alkanes) is 5. The van der Waals surface area contributed by atoms with Crippen LogP contribution in [0.2, 0.25) is 0 Å². The van der Waals surface area contributed by atoms with Gasteiger partial charge in [0.1, 0.15) is 0 Å². The van der Waals surface area contributed by atoms with Crippen molar-refractivity contribution in [3.05, 3.63) is 0 Å². The summed E-state index contributed by atoms with van der Waals surface area (Å²) in [6.07, 6.45) is 12.1. The summed E-state index contributed by atoms with van der Waals surface area (Å²) >= 11 is 0. The van der Waals surface area contributed by atoms with Gasteiger partial charge in [0.05, 0.1) is 0 Å². The monoisotopic (exact) mass is 284 g/mol. The number of rotatable bonds is 13. The highest BCUT2D eigenvalue weighted by molar-refractivity contribution is 4.74. The molecule has 0 saturated carbocycles. The van der Waals surface area contributed by atoms with Crippen LogP contribution in [0.5, 0.6) is 0 Å². The van der Waals surface area contributed by atoms with Crippen molar-refractivity contribution in [2.75, 3.05) is 19.6 Å². The van der Waals surface area contributed by atoms with Gasteiger partial charge in [-0.15, -0.1) is 0 Å². The zero-order chi connectivity index (χ0) is 15.3. The molecule has 0 saturated heterocycles. The second-order valence-corrected chi connectivity index (χ2v) is 7.30. The predicted molar refractivity (Wildman–Crippen MR) is 92.1 cm³/mol. The number of hydrogen-bond acceptors (Lipinski definition) is 2. The highest BCUT2D eigenvalue weighted by atomic mass is 14.8. The van der Waals surface area contributed by atoms with Gasteiger partial charge in [0.15, 0.2) is 0 Å². The van der Waals surface area contributed by atoms with Gasteiger partial charge in [-0.2, -0.15) is 0 Å². The molecule has 0 aliphatic carbocycles. The maximum absolute atomic E-state index is 5.73. The maximum Gasteiger partial charge on any atom is -0.00488 e. The molecule has 0 heterocycles. The van der Waals surface area contributed by atoms with Crippen LogP contribution in [0.25, 0.3) is 0 Å². The standard InChI is InChI=1S/C18H40N2/c1-5-6-7-8-9-10-15-20-16-11-12-17(13-14-19)18(2,3)4/h17,20H,5-16,19H2,1-4H3. The predicted octanol–water partition coefficient (Wildman–Crippen LogP) is 4.73. The Morgan fingerprint density at radius 1 is 0.850 bits per heavy atom. The third-order valence-corrected chi connectivity index (χ3v) is 4.35. The first-order valence-corrected chi connectivity index (χ1v) is 8.93. The van der Waals surface area contributed by atoms with Crippen molar-refractivity contribution in [3.63, 3.8) is 0 Å². The molecule has 0 radical (unpaired) electrons. The van der Waals surface area contributed by atoms with Crippen LogP contribution in [0, 0.1) is 11.3 Å². The maximum atomic E-state index is 5.73. The van der Waals surface area contributed by atoms with Gasteiger partial charge in [0, 0.05) is 0 Å². The van der Waals surface area contributed by atoms with Crippen molar-refractivity contribution >= 4 is 0 Å². The summed E-state index contributed by atoms with van der Waals surface area (Å²) in [5, 5.41) is 3.59. The molecule has 122 valence electrons. The van der Waals surface area contributed by atoms with Crippen LogP contribution in [0.3, 0.4) is 0 Å². The zero-order valence-corrected chi connectivity index (χ0v) is 14.6. The highest BCUT2D eigenvalue weighted by Gasteiger charge is 2.22. The minimum Gasteiger partial charge on any atom is -0.330 e. The Morgan fingerprint density at radius 3 is 2.05 bits per heavy atom. The number of hydrogen-bond donors (Lipinski definition) is 2. The highest BCUT2D eigenvalue weighted by Crippen LogP contribution is 2.31. The first-order valence-electron chi connectivity index (χ1n) is 8.93. The Hall–Kier alpha value is -0.0800. The molecule has 1 atom stereocenters. The molecule has 0 aromatic rings. The van der Waals surface area contributed by atoms with Crippen LogP contribution in [-0.4, -0.2) is 19.6 Å². The summed E-state index contributed by atoms with van der Waals surface area (Å²) in [4.78, 5) is 0. The third kappa shape index (κ3) is 11.7. The summed E-state index contributed by atoms with van der Waals surface area (Å²) in [5.41, 5.74) is 6.13. The zero-order valence-electron chi connectivity index (χ0n) is 14.6. The van der Waals surface area contributed by atoms with Crippen LogP contribution in [0.1, 0.15) is 85.5 Å². The first kappa shape index (κ1) is 19.9. The van der Waals surface area contributed by atoms with E-state index in [1.54, 1.807) is 0 Å². The van der Waals surface area contributed by atoms with E-state index < -0.39 is 0 Å². The summed E-state index contributed by atoms with van der Waals surface area (Å²) in [7, 11) is 0. The van der Waals surface area contributed by atoms with Gasteiger partial charge in [-0.3, -0.25) is 0 Å². The lowest BCUT2D eigenvalue weighted by Crippen LogP contribution is -2.25. The van der Waals surface area contributed by atoms with E-state index in [9.17, 15) is 0 Å². The molecule has 0 aliphatic heterocycles. The van der Waals surface area contributed by atoms with E-state index >= 15 is 0 Å². The van der Waals surface area contributed by atoms with Gasteiger partial charge in [0.25, 0.3) is 0 Å². The normalized spacial score (nSPS) is 13.7. The van der Waals surface area contributed by atoms with E-state index in [-0.39, 0.29) is 0 Å². The third-order valence-electron chi connectivity index (χ3n) is 4.35. The van der Waals surface area contributed by atoms with Gasteiger partial charge in [0.2, 0.25) is 0 Å². The fourth-order valence-corrected chi connectivity index (χ4v) is 2.84. The molecular formula is C18H40N2. The van der Waals surface area contributed by atoms with Gasteiger partial charge < -0.3 is 11.1 Å². The average molecular weight is 285 g/mol. The Morgan fingerprint density at radius 2 is 1.45 bits per heavy atom. The van der Waals surface area contributed by atoms with Gasteiger partial charge in [-0.1, -0.05) is 59.8 Å². The molecule has 0 aliphatic rings. The first-order chi connectivity index (χ1) is 9.52. The van der Waals surface area contributed by atoms with Gasteiger partial charge in [-0.05, 0) is 56.7 Å². The second kappa shape index (κ2) is 12.6. The smallest absolute Gasteiger partial charge is 0.00488 e. The molecular weight excluding hydrogens is 244 g/mol. The van der Waals surface area contributed by atoms with Crippen molar-refractivity contribution in [1.82, 2.24) is 5.32 Å². The number of nitrogens with two attached hydrogens (primary N) is 1. The lowest BCUT2D eigenvalue weighted by atomic mass is 9.76. The van der Waals surface area contributed by atoms with Crippen LogP contribution in [0.15, 0.2) is 0 Å². The molecule has 3 N–H and O–H groups in total. The van der Waals surface area contributed by atoms with Crippen molar-refractivity contribution in [3.8, 4) is 0 Å². The molecule has 0 spiro atoms.